The van der Waals surface area contributed by atoms with Gasteiger partial charge in [0.15, 0.2) is 0 Å². The van der Waals surface area contributed by atoms with Crippen LogP contribution in [0.4, 0.5) is 4.79 Å². The Morgan fingerprint density at radius 3 is 2.55 bits per heavy atom. The van der Waals surface area contributed by atoms with Gasteiger partial charge < -0.3 is 19.6 Å². The number of benzene rings is 1. The fourth-order valence-electron chi connectivity index (χ4n) is 2.59. The zero-order valence-corrected chi connectivity index (χ0v) is 12.9. The third-order valence-corrected chi connectivity index (χ3v) is 3.97. The lowest BCUT2D eigenvalue weighted by atomic mass is 9.94. The number of aliphatic carboxylic acids is 1. The summed E-state index contributed by atoms with van der Waals surface area (Å²) in [4.78, 5) is 26.9. The molecule has 2 rings (SSSR count). The number of hydrogen-bond donors (Lipinski definition) is 1. The van der Waals surface area contributed by atoms with Crippen LogP contribution in [0.5, 0.6) is 0 Å². The summed E-state index contributed by atoms with van der Waals surface area (Å²) >= 11 is 0. The average Bonchev–Trinajstić information content (AvgIpc) is 2.53. The van der Waals surface area contributed by atoms with Crippen LogP contribution >= 0.6 is 0 Å². The molecule has 0 aromatic heterocycles. The smallest absolute Gasteiger partial charge is 0.410 e. The highest BCUT2D eigenvalue weighted by Gasteiger charge is 2.35. The monoisotopic (exact) mass is 306 g/mol. The van der Waals surface area contributed by atoms with E-state index in [4.69, 9.17) is 4.74 Å². The highest BCUT2D eigenvalue weighted by atomic mass is 16.6. The van der Waals surface area contributed by atoms with Gasteiger partial charge in [0, 0.05) is 19.1 Å². The summed E-state index contributed by atoms with van der Waals surface area (Å²) in [6, 6.07) is 9.45. The quantitative estimate of drug-likeness (QED) is 0.916. The third kappa shape index (κ3) is 4.21. The lowest BCUT2D eigenvalue weighted by molar-refractivity contribution is -0.144. The fraction of sp³-hybridized carbons (Fsp3) is 0.500. The van der Waals surface area contributed by atoms with Gasteiger partial charge in [-0.25, -0.2) is 4.79 Å². The van der Waals surface area contributed by atoms with Gasteiger partial charge in [0.1, 0.15) is 6.61 Å². The molecule has 1 heterocycles. The van der Waals surface area contributed by atoms with Gasteiger partial charge in [-0.15, -0.1) is 0 Å². The van der Waals surface area contributed by atoms with Crippen LogP contribution in [0.15, 0.2) is 30.3 Å². The molecule has 0 aliphatic carbocycles. The van der Waals surface area contributed by atoms with Crippen molar-refractivity contribution in [3.8, 4) is 0 Å². The van der Waals surface area contributed by atoms with Crippen LogP contribution in [0.2, 0.25) is 0 Å². The second-order valence-electron chi connectivity index (χ2n) is 5.83. The standard InChI is InChI=1S/C16H22N2O4/c1-17(2)14-8-13(15(19)20)9-18(10-14)16(21)22-11-12-6-4-3-5-7-12/h3-7,13-14H,8-11H2,1-2H3,(H,19,20)/t13-,14-/m1/s1. The van der Waals surface area contributed by atoms with Crippen LogP contribution in [0.3, 0.4) is 0 Å². The van der Waals surface area contributed by atoms with Gasteiger partial charge in [0.2, 0.25) is 0 Å². The molecule has 6 heteroatoms. The molecule has 2 atom stereocenters. The van der Waals surface area contributed by atoms with E-state index < -0.39 is 18.0 Å². The van der Waals surface area contributed by atoms with Crippen molar-refractivity contribution in [3.05, 3.63) is 35.9 Å². The number of ether oxygens (including phenoxy) is 1. The summed E-state index contributed by atoms with van der Waals surface area (Å²) in [5.74, 6) is -1.42. The number of amides is 1. The van der Waals surface area contributed by atoms with E-state index >= 15 is 0 Å². The minimum atomic E-state index is -0.868. The lowest BCUT2D eigenvalue weighted by Crippen LogP contribution is -2.52. The molecule has 120 valence electrons. The minimum absolute atomic E-state index is 0.0270. The molecule has 22 heavy (non-hydrogen) atoms. The van der Waals surface area contributed by atoms with E-state index in [1.54, 1.807) is 0 Å². The summed E-state index contributed by atoms with van der Waals surface area (Å²) in [5.41, 5.74) is 0.909. The van der Waals surface area contributed by atoms with Gasteiger partial charge in [-0.1, -0.05) is 30.3 Å². The van der Waals surface area contributed by atoms with E-state index in [9.17, 15) is 14.7 Å². The fourth-order valence-corrected chi connectivity index (χ4v) is 2.59. The van der Waals surface area contributed by atoms with Crippen LogP contribution in [0.25, 0.3) is 0 Å². The van der Waals surface area contributed by atoms with Crippen molar-refractivity contribution >= 4 is 12.1 Å². The van der Waals surface area contributed by atoms with E-state index in [2.05, 4.69) is 0 Å². The van der Waals surface area contributed by atoms with Crippen molar-refractivity contribution < 1.29 is 19.4 Å². The Morgan fingerprint density at radius 1 is 1.27 bits per heavy atom. The van der Waals surface area contributed by atoms with Crippen molar-refractivity contribution in [3.63, 3.8) is 0 Å². The summed E-state index contributed by atoms with van der Waals surface area (Å²) < 4.78 is 5.30. The summed E-state index contributed by atoms with van der Waals surface area (Å²) in [7, 11) is 3.78. The van der Waals surface area contributed by atoms with Gasteiger partial charge in [-0.05, 0) is 26.1 Å². The number of carbonyl (C=O) groups excluding carboxylic acids is 1. The number of carbonyl (C=O) groups is 2. The van der Waals surface area contributed by atoms with Crippen molar-refractivity contribution in [1.29, 1.82) is 0 Å². The van der Waals surface area contributed by atoms with Crippen LogP contribution in [-0.2, 0) is 16.1 Å². The average molecular weight is 306 g/mol. The molecule has 1 fully saturated rings. The number of hydrogen-bond acceptors (Lipinski definition) is 4. The van der Waals surface area contributed by atoms with Crippen molar-refractivity contribution in [2.24, 2.45) is 5.92 Å². The zero-order chi connectivity index (χ0) is 16.1. The largest absolute Gasteiger partial charge is 0.481 e. The number of rotatable bonds is 4. The maximum absolute atomic E-state index is 12.2. The first kappa shape index (κ1) is 16.3. The highest BCUT2D eigenvalue weighted by molar-refractivity contribution is 5.73. The molecule has 1 N–H and O–H groups in total. The van der Waals surface area contributed by atoms with E-state index in [0.29, 0.717) is 13.0 Å². The molecule has 0 spiro atoms. The summed E-state index contributed by atoms with van der Waals surface area (Å²) in [6.45, 7) is 0.887. The Labute approximate surface area is 130 Å². The van der Waals surface area contributed by atoms with Gasteiger partial charge in [-0.3, -0.25) is 4.79 Å². The number of carboxylic acid groups (broad SMARTS) is 1. The van der Waals surface area contributed by atoms with E-state index in [1.165, 1.54) is 4.90 Å². The van der Waals surface area contributed by atoms with Crippen molar-refractivity contribution in [1.82, 2.24) is 9.80 Å². The molecule has 1 amide bonds. The molecule has 1 aliphatic rings. The Morgan fingerprint density at radius 2 is 1.95 bits per heavy atom. The lowest BCUT2D eigenvalue weighted by Gasteiger charge is -2.38. The SMILES string of the molecule is CN(C)[C@@H]1C[C@@H](C(=O)O)CN(C(=O)OCc2ccccc2)C1. The van der Waals surface area contributed by atoms with Gasteiger partial charge in [0.05, 0.1) is 5.92 Å². The number of likely N-dealkylation sites (N-methyl/N-ethyl adjacent to an activating group) is 1. The predicted octanol–water partition coefficient (Wildman–Crippen LogP) is 1.66. The Kier molecular flexibility index (Phi) is 5.38. The predicted molar refractivity (Wildman–Crippen MR) is 81.4 cm³/mol. The third-order valence-electron chi connectivity index (χ3n) is 3.97. The molecular weight excluding hydrogens is 284 g/mol. The maximum Gasteiger partial charge on any atom is 0.410 e. The van der Waals surface area contributed by atoms with Crippen LogP contribution in [-0.4, -0.2) is 60.2 Å². The van der Waals surface area contributed by atoms with Crippen LogP contribution < -0.4 is 0 Å². The first-order chi connectivity index (χ1) is 10.5. The molecule has 0 radical (unpaired) electrons. The molecule has 6 nitrogen and oxygen atoms in total. The molecule has 0 saturated carbocycles. The Hall–Kier alpha value is -2.08. The zero-order valence-electron chi connectivity index (χ0n) is 12.9. The molecular formula is C16H22N2O4. The summed E-state index contributed by atoms with van der Waals surface area (Å²) in [6.07, 6.45) is 0.0896. The first-order valence-corrected chi connectivity index (χ1v) is 7.32. The second kappa shape index (κ2) is 7.26. The van der Waals surface area contributed by atoms with E-state index in [0.717, 1.165) is 5.56 Å². The normalized spacial score (nSPS) is 21.7. The van der Waals surface area contributed by atoms with E-state index in [1.807, 2.05) is 49.3 Å². The topological polar surface area (TPSA) is 70.1 Å². The first-order valence-electron chi connectivity index (χ1n) is 7.32. The highest BCUT2D eigenvalue weighted by Crippen LogP contribution is 2.21. The van der Waals surface area contributed by atoms with Gasteiger partial charge >= 0.3 is 12.1 Å². The van der Waals surface area contributed by atoms with E-state index in [-0.39, 0.29) is 19.2 Å². The molecule has 1 saturated heterocycles. The number of likely N-dealkylation sites (tertiary alicyclic amines) is 1. The maximum atomic E-state index is 12.2. The molecule has 0 unspecified atom stereocenters. The molecule has 0 bridgehead atoms. The second-order valence-corrected chi connectivity index (χ2v) is 5.83. The molecule has 1 aliphatic heterocycles. The van der Waals surface area contributed by atoms with Gasteiger partial charge in [0.25, 0.3) is 0 Å². The number of piperidine rings is 1. The number of nitrogens with zero attached hydrogens (tertiary/aromatic N) is 2. The Balaban J connectivity index is 1.96. The molecule has 1 aromatic carbocycles. The van der Waals surface area contributed by atoms with Crippen LogP contribution in [0.1, 0.15) is 12.0 Å². The van der Waals surface area contributed by atoms with Gasteiger partial charge in [-0.2, -0.15) is 0 Å². The summed E-state index contributed by atoms with van der Waals surface area (Å²) in [5, 5.41) is 9.25. The molecule has 1 aromatic rings. The van der Waals surface area contributed by atoms with Crippen LogP contribution in [0, 0.1) is 5.92 Å². The Bertz CT molecular complexity index is 518. The van der Waals surface area contributed by atoms with Crippen molar-refractivity contribution in [2.75, 3.05) is 27.2 Å². The number of carboxylic acids is 1. The van der Waals surface area contributed by atoms with Crippen molar-refractivity contribution in [2.45, 2.75) is 19.1 Å². The minimum Gasteiger partial charge on any atom is -0.481 e.